The quantitative estimate of drug-likeness (QED) is 0.708. The second-order valence-corrected chi connectivity index (χ2v) is 5.29. The zero-order valence-corrected chi connectivity index (χ0v) is 10.6. The van der Waals surface area contributed by atoms with E-state index in [0.717, 1.165) is 19.4 Å². The minimum atomic E-state index is -1.00. The summed E-state index contributed by atoms with van der Waals surface area (Å²) in [5.41, 5.74) is -0.404. The van der Waals surface area contributed by atoms with Crippen LogP contribution in [0.3, 0.4) is 0 Å². The van der Waals surface area contributed by atoms with Crippen LogP contribution in [0.2, 0.25) is 0 Å². The van der Waals surface area contributed by atoms with Crippen LogP contribution in [0.25, 0.3) is 0 Å². The fourth-order valence-electron chi connectivity index (χ4n) is 2.60. The topological polar surface area (TPSA) is 78.9 Å². The van der Waals surface area contributed by atoms with E-state index in [0.29, 0.717) is 19.7 Å². The Balaban J connectivity index is 2.01. The Morgan fingerprint density at radius 3 is 2.89 bits per heavy atom. The standard InChI is InChI=1S/C12H20N2O4/c1-12(3-2-4-13-8-12)11(17)14-5-6-18-9(7-14)10(15)16/h9,13H,2-8H2,1H3,(H,15,16). The van der Waals surface area contributed by atoms with Gasteiger partial charge in [0.15, 0.2) is 6.10 Å². The van der Waals surface area contributed by atoms with Crippen molar-refractivity contribution in [2.45, 2.75) is 25.9 Å². The van der Waals surface area contributed by atoms with Crippen LogP contribution in [0.15, 0.2) is 0 Å². The smallest absolute Gasteiger partial charge is 0.334 e. The van der Waals surface area contributed by atoms with Gasteiger partial charge in [-0.2, -0.15) is 0 Å². The highest BCUT2D eigenvalue weighted by Gasteiger charge is 2.40. The van der Waals surface area contributed by atoms with E-state index in [-0.39, 0.29) is 12.5 Å². The summed E-state index contributed by atoms with van der Waals surface area (Å²) in [6, 6.07) is 0. The van der Waals surface area contributed by atoms with E-state index in [2.05, 4.69) is 5.32 Å². The third-order valence-electron chi connectivity index (χ3n) is 3.74. The summed E-state index contributed by atoms with van der Waals surface area (Å²) < 4.78 is 5.13. The maximum atomic E-state index is 12.5. The molecule has 0 spiro atoms. The Bertz CT molecular complexity index is 339. The van der Waals surface area contributed by atoms with E-state index < -0.39 is 17.5 Å². The molecule has 6 nitrogen and oxygen atoms in total. The maximum Gasteiger partial charge on any atom is 0.334 e. The first-order valence-electron chi connectivity index (χ1n) is 6.37. The first-order valence-corrected chi connectivity index (χ1v) is 6.37. The lowest BCUT2D eigenvalue weighted by atomic mass is 9.81. The van der Waals surface area contributed by atoms with Crippen molar-refractivity contribution in [3.8, 4) is 0 Å². The van der Waals surface area contributed by atoms with E-state index in [1.807, 2.05) is 6.92 Å². The molecule has 2 N–H and O–H groups in total. The molecule has 2 heterocycles. The molecule has 2 unspecified atom stereocenters. The fraction of sp³-hybridized carbons (Fsp3) is 0.833. The fourth-order valence-corrected chi connectivity index (χ4v) is 2.60. The van der Waals surface area contributed by atoms with Crippen molar-refractivity contribution < 1.29 is 19.4 Å². The second-order valence-electron chi connectivity index (χ2n) is 5.29. The normalized spacial score (nSPS) is 33.2. The molecule has 2 saturated heterocycles. The highest BCUT2D eigenvalue weighted by Crippen LogP contribution is 2.28. The number of morpholine rings is 1. The predicted octanol–water partition coefficient (Wildman–Crippen LogP) is -0.312. The maximum absolute atomic E-state index is 12.5. The zero-order valence-electron chi connectivity index (χ0n) is 10.6. The number of nitrogens with zero attached hydrogens (tertiary/aromatic N) is 1. The third kappa shape index (κ3) is 2.64. The van der Waals surface area contributed by atoms with Crippen molar-refractivity contribution in [1.82, 2.24) is 10.2 Å². The summed E-state index contributed by atoms with van der Waals surface area (Å²) in [4.78, 5) is 25.0. The van der Waals surface area contributed by atoms with E-state index in [1.54, 1.807) is 4.90 Å². The van der Waals surface area contributed by atoms with E-state index >= 15 is 0 Å². The molecule has 0 radical (unpaired) electrons. The molecule has 102 valence electrons. The number of ether oxygens (including phenoxy) is 1. The number of aliphatic carboxylic acids is 1. The molecule has 0 aromatic rings. The van der Waals surface area contributed by atoms with Crippen LogP contribution in [-0.2, 0) is 14.3 Å². The van der Waals surface area contributed by atoms with Crippen molar-refractivity contribution >= 4 is 11.9 Å². The number of carboxylic acid groups (broad SMARTS) is 1. The molecule has 2 aliphatic rings. The number of carbonyl (C=O) groups excluding carboxylic acids is 1. The van der Waals surface area contributed by atoms with Gasteiger partial charge < -0.3 is 20.1 Å². The lowest BCUT2D eigenvalue weighted by Gasteiger charge is -2.40. The van der Waals surface area contributed by atoms with Crippen LogP contribution in [0.4, 0.5) is 0 Å². The molecule has 18 heavy (non-hydrogen) atoms. The van der Waals surface area contributed by atoms with E-state index in [1.165, 1.54) is 0 Å². The molecule has 2 atom stereocenters. The number of carbonyl (C=O) groups is 2. The van der Waals surface area contributed by atoms with Crippen molar-refractivity contribution in [2.75, 3.05) is 32.8 Å². The Morgan fingerprint density at radius 1 is 1.50 bits per heavy atom. The van der Waals surface area contributed by atoms with Gasteiger partial charge in [-0.1, -0.05) is 0 Å². The van der Waals surface area contributed by atoms with Crippen LogP contribution in [-0.4, -0.2) is 60.8 Å². The van der Waals surface area contributed by atoms with Gasteiger partial charge in [-0.15, -0.1) is 0 Å². The number of hydrogen-bond acceptors (Lipinski definition) is 4. The first kappa shape index (κ1) is 13.3. The van der Waals surface area contributed by atoms with Crippen molar-refractivity contribution in [3.05, 3.63) is 0 Å². The van der Waals surface area contributed by atoms with Crippen molar-refractivity contribution in [1.29, 1.82) is 0 Å². The van der Waals surface area contributed by atoms with Gasteiger partial charge in [-0.05, 0) is 26.3 Å². The average Bonchev–Trinajstić information content (AvgIpc) is 2.39. The van der Waals surface area contributed by atoms with Crippen LogP contribution in [0, 0.1) is 5.41 Å². The lowest BCUT2D eigenvalue weighted by Crippen LogP contribution is -2.55. The predicted molar refractivity (Wildman–Crippen MR) is 64.2 cm³/mol. The Morgan fingerprint density at radius 2 is 2.28 bits per heavy atom. The minimum Gasteiger partial charge on any atom is -0.479 e. The van der Waals surface area contributed by atoms with Gasteiger partial charge in [0, 0.05) is 13.1 Å². The number of hydrogen-bond donors (Lipinski definition) is 2. The van der Waals surface area contributed by atoms with Crippen molar-refractivity contribution in [2.24, 2.45) is 5.41 Å². The first-order chi connectivity index (χ1) is 8.53. The molecule has 0 aromatic carbocycles. The summed E-state index contributed by atoms with van der Waals surface area (Å²) in [7, 11) is 0. The Hall–Kier alpha value is -1.14. The van der Waals surface area contributed by atoms with Gasteiger partial charge in [0.05, 0.1) is 18.6 Å². The van der Waals surface area contributed by atoms with Crippen molar-refractivity contribution in [3.63, 3.8) is 0 Å². The van der Waals surface area contributed by atoms with Crippen LogP contribution < -0.4 is 5.32 Å². The molecule has 2 rings (SSSR count). The van der Waals surface area contributed by atoms with Gasteiger partial charge in [-0.25, -0.2) is 4.79 Å². The summed E-state index contributed by atoms with van der Waals surface area (Å²) >= 11 is 0. The lowest BCUT2D eigenvalue weighted by molar-refractivity contribution is -0.162. The van der Waals surface area contributed by atoms with Gasteiger partial charge in [-0.3, -0.25) is 4.79 Å². The molecule has 0 bridgehead atoms. The third-order valence-corrected chi connectivity index (χ3v) is 3.74. The number of rotatable bonds is 2. The largest absolute Gasteiger partial charge is 0.479 e. The van der Waals surface area contributed by atoms with Gasteiger partial charge in [0.25, 0.3) is 0 Å². The highest BCUT2D eigenvalue weighted by atomic mass is 16.5. The number of carboxylic acids is 1. The van der Waals surface area contributed by atoms with Crippen LogP contribution >= 0.6 is 0 Å². The number of nitrogens with one attached hydrogen (secondary N) is 1. The zero-order chi connectivity index (χ0) is 13.2. The summed E-state index contributed by atoms with van der Waals surface area (Å²) in [5.74, 6) is -0.955. The van der Waals surface area contributed by atoms with Crippen LogP contribution in [0.1, 0.15) is 19.8 Å². The molecular weight excluding hydrogens is 236 g/mol. The van der Waals surface area contributed by atoms with Crippen LogP contribution in [0.5, 0.6) is 0 Å². The molecular formula is C12H20N2O4. The minimum absolute atomic E-state index is 0.0456. The Labute approximate surface area is 106 Å². The number of piperidine rings is 1. The summed E-state index contributed by atoms with van der Waals surface area (Å²) in [5, 5.41) is 12.2. The monoisotopic (exact) mass is 256 g/mol. The molecule has 6 heteroatoms. The number of amides is 1. The second kappa shape index (κ2) is 5.24. The van der Waals surface area contributed by atoms with E-state index in [9.17, 15) is 9.59 Å². The SMILES string of the molecule is CC1(C(=O)N2CCOC(C(=O)O)C2)CCCNC1. The van der Waals surface area contributed by atoms with Gasteiger partial charge in [0.1, 0.15) is 0 Å². The molecule has 2 fully saturated rings. The highest BCUT2D eigenvalue weighted by molar-refractivity contribution is 5.84. The molecule has 0 aliphatic carbocycles. The summed E-state index contributed by atoms with van der Waals surface area (Å²) in [6.45, 7) is 4.51. The molecule has 2 aliphatic heterocycles. The van der Waals surface area contributed by atoms with Gasteiger partial charge in [0.2, 0.25) is 5.91 Å². The summed E-state index contributed by atoms with van der Waals surface area (Å²) in [6.07, 6.45) is 0.950. The molecule has 0 saturated carbocycles. The molecule has 0 aromatic heterocycles. The van der Waals surface area contributed by atoms with Gasteiger partial charge >= 0.3 is 5.97 Å². The average molecular weight is 256 g/mol. The Kier molecular flexibility index (Phi) is 3.87. The van der Waals surface area contributed by atoms with E-state index in [4.69, 9.17) is 9.84 Å². The molecule has 1 amide bonds.